The second kappa shape index (κ2) is 8.49. The fourth-order valence-corrected chi connectivity index (χ4v) is 4.22. The SMILES string of the molecule is Cc1ccsc1CN(C)C(=O)C[NH+]1CCN(c2ccc([N+](=O)[O-])cc2)CC1. The first-order valence-electron chi connectivity index (χ1n) is 9.04. The van der Waals surface area contributed by atoms with Crippen LogP contribution in [0.4, 0.5) is 11.4 Å². The summed E-state index contributed by atoms with van der Waals surface area (Å²) in [5.74, 6) is 0.168. The molecule has 1 fully saturated rings. The van der Waals surface area contributed by atoms with Crippen molar-refractivity contribution in [3.63, 3.8) is 0 Å². The lowest BCUT2D eigenvalue weighted by Crippen LogP contribution is -3.15. The summed E-state index contributed by atoms with van der Waals surface area (Å²) in [6.07, 6.45) is 0. The molecule has 0 radical (unpaired) electrons. The van der Waals surface area contributed by atoms with Crippen LogP contribution in [0.3, 0.4) is 0 Å². The summed E-state index contributed by atoms with van der Waals surface area (Å²) in [5, 5.41) is 12.8. The molecule has 1 aliphatic heterocycles. The van der Waals surface area contributed by atoms with Gasteiger partial charge in [0.2, 0.25) is 0 Å². The number of benzene rings is 1. The molecule has 2 aromatic rings. The number of hydrogen-bond donors (Lipinski definition) is 1. The van der Waals surface area contributed by atoms with E-state index in [1.807, 2.05) is 11.9 Å². The van der Waals surface area contributed by atoms with Crippen molar-refractivity contribution < 1.29 is 14.6 Å². The molecule has 27 heavy (non-hydrogen) atoms. The third-order valence-electron chi connectivity index (χ3n) is 5.07. The van der Waals surface area contributed by atoms with Crippen LogP contribution >= 0.6 is 11.3 Å². The van der Waals surface area contributed by atoms with Crippen molar-refractivity contribution in [3.05, 3.63) is 56.3 Å². The highest BCUT2D eigenvalue weighted by Crippen LogP contribution is 2.19. The van der Waals surface area contributed by atoms with Gasteiger partial charge in [-0.3, -0.25) is 14.9 Å². The number of nitrogens with zero attached hydrogens (tertiary/aromatic N) is 3. The normalized spacial score (nSPS) is 15.0. The Hall–Kier alpha value is -2.45. The van der Waals surface area contributed by atoms with Crippen LogP contribution in [-0.4, -0.2) is 55.5 Å². The molecule has 1 aromatic heterocycles. The summed E-state index contributed by atoms with van der Waals surface area (Å²) in [5.41, 5.74) is 2.34. The largest absolute Gasteiger partial charge is 0.360 e. The molecule has 1 amide bonds. The van der Waals surface area contributed by atoms with Gasteiger partial charge in [0.05, 0.1) is 37.6 Å². The van der Waals surface area contributed by atoms with E-state index in [4.69, 9.17) is 0 Å². The summed E-state index contributed by atoms with van der Waals surface area (Å²) in [6, 6.07) is 8.76. The van der Waals surface area contributed by atoms with E-state index in [0.717, 1.165) is 31.9 Å². The number of likely N-dealkylation sites (N-methyl/N-ethyl adjacent to an activating group) is 1. The van der Waals surface area contributed by atoms with Crippen LogP contribution in [0.2, 0.25) is 0 Å². The zero-order valence-electron chi connectivity index (χ0n) is 15.7. The first-order valence-corrected chi connectivity index (χ1v) is 9.92. The minimum Gasteiger partial charge on any atom is -0.360 e. The Balaban J connectivity index is 1.48. The standard InChI is InChI=1S/C19H24N4O3S/c1-15-7-12-27-18(15)13-20(2)19(24)14-21-8-10-22(11-9-21)16-3-5-17(6-4-16)23(25)26/h3-7,12H,8-11,13-14H2,1-2H3/p+1. The molecule has 0 unspecified atom stereocenters. The maximum absolute atomic E-state index is 12.5. The molecular formula is C19H25N4O3S+. The Morgan fingerprint density at radius 2 is 1.93 bits per heavy atom. The first-order chi connectivity index (χ1) is 12.9. The van der Waals surface area contributed by atoms with E-state index < -0.39 is 0 Å². The number of rotatable bonds is 6. The van der Waals surface area contributed by atoms with Crippen molar-refractivity contribution >= 4 is 28.6 Å². The predicted molar refractivity (Wildman–Crippen MR) is 106 cm³/mol. The molecule has 144 valence electrons. The van der Waals surface area contributed by atoms with Gasteiger partial charge in [0.25, 0.3) is 11.6 Å². The first kappa shape index (κ1) is 19.3. The Kier molecular flexibility index (Phi) is 6.08. The van der Waals surface area contributed by atoms with Crippen molar-refractivity contribution in [2.75, 3.05) is 44.7 Å². The summed E-state index contributed by atoms with van der Waals surface area (Å²) in [7, 11) is 1.87. The van der Waals surface area contributed by atoms with Crippen LogP contribution in [0.5, 0.6) is 0 Å². The Bertz CT molecular complexity index is 798. The summed E-state index contributed by atoms with van der Waals surface area (Å²) in [6.45, 7) is 6.71. The highest BCUT2D eigenvalue weighted by atomic mass is 32.1. The van der Waals surface area contributed by atoms with Crippen LogP contribution in [0, 0.1) is 17.0 Å². The van der Waals surface area contributed by atoms with Gasteiger partial charge in [0.1, 0.15) is 0 Å². The van der Waals surface area contributed by atoms with Crippen molar-refractivity contribution in [1.29, 1.82) is 0 Å². The molecule has 0 spiro atoms. The minimum atomic E-state index is -0.383. The molecule has 7 nitrogen and oxygen atoms in total. The number of non-ortho nitro benzene ring substituents is 1. The lowest BCUT2D eigenvalue weighted by molar-refractivity contribution is -0.892. The predicted octanol–water partition coefficient (Wildman–Crippen LogP) is 1.33. The second-order valence-corrected chi connectivity index (χ2v) is 7.96. The van der Waals surface area contributed by atoms with E-state index in [9.17, 15) is 14.9 Å². The smallest absolute Gasteiger partial charge is 0.277 e. The maximum atomic E-state index is 12.5. The average Bonchev–Trinajstić information content (AvgIpc) is 3.07. The number of amides is 1. The molecule has 1 aliphatic rings. The molecule has 1 N–H and O–H groups in total. The number of carbonyl (C=O) groups excluding carboxylic acids is 1. The van der Waals surface area contributed by atoms with Crippen LogP contribution < -0.4 is 9.80 Å². The molecular weight excluding hydrogens is 364 g/mol. The number of anilines is 1. The Morgan fingerprint density at radius 1 is 1.26 bits per heavy atom. The highest BCUT2D eigenvalue weighted by molar-refractivity contribution is 7.10. The fraction of sp³-hybridized carbons (Fsp3) is 0.421. The monoisotopic (exact) mass is 389 g/mol. The number of thiophene rings is 1. The summed E-state index contributed by atoms with van der Waals surface area (Å²) < 4.78 is 0. The van der Waals surface area contributed by atoms with E-state index in [2.05, 4.69) is 23.3 Å². The van der Waals surface area contributed by atoms with Crippen molar-refractivity contribution in [1.82, 2.24) is 4.90 Å². The number of piperazine rings is 1. The Morgan fingerprint density at radius 3 is 2.48 bits per heavy atom. The molecule has 1 aromatic carbocycles. The molecule has 0 bridgehead atoms. The lowest BCUT2D eigenvalue weighted by atomic mass is 10.2. The number of nitro groups is 1. The Labute approximate surface area is 163 Å². The van der Waals surface area contributed by atoms with Crippen LogP contribution in [0.25, 0.3) is 0 Å². The lowest BCUT2D eigenvalue weighted by Gasteiger charge is -2.33. The topological polar surface area (TPSA) is 71.1 Å². The zero-order valence-corrected chi connectivity index (χ0v) is 16.5. The molecule has 1 saturated heterocycles. The van der Waals surface area contributed by atoms with Gasteiger partial charge in [-0.05, 0) is 36.1 Å². The zero-order chi connectivity index (χ0) is 19.4. The number of hydrogen-bond acceptors (Lipinski definition) is 5. The summed E-state index contributed by atoms with van der Waals surface area (Å²) >= 11 is 1.69. The van der Waals surface area contributed by atoms with E-state index in [1.54, 1.807) is 35.6 Å². The quantitative estimate of drug-likeness (QED) is 0.598. The maximum Gasteiger partial charge on any atom is 0.277 e. The van der Waals surface area contributed by atoms with Crippen molar-refractivity contribution in [3.8, 4) is 0 Å². The molecule has 8 heteroatoms. The average molecular weight is 390 g/mol. The fourth-order valence-electron chi connectivity index (χ4n) is 3.26. The van der Waals surface area contributed by atoms with Gasteiger partial charge in [-0.15, -0.1) is 11.3 Å². The van der Waals surface area contributed by atoms with Gasteiger partial charge in [-0.1, -0.05) is 0 Å². The van der Waals surface area contributed by atoms with Gasteiger partial charge < -0.3 is 14.7 Å². The van der Waals surface area contributed by atoms with Crippen LogP contribution in [-0.2, 0) is 11.3 Å². The van der Waals surface area contributed by atoms with Crippen molar-refractivity contribution in [2.45, 2.75) is 13.5 Å². The summed E-state index contributed by atoms with van der Waals surface area (Å²) in [4.78, 5) is 29.5. The molecule has 0 aliphatic carbocycles. The third kappa shape index (κ3) is 4.84. The number of carbonyl (C=O) groups is 1. The molecule has 0 saturated carbocycles. The van der Waals surface area contributed by atoms with Crippen LogP contribution in [0.1, 0.15) is 10.4 Å². The van der Waals surface area contributed by atoms with Gasteiger partial charge >= 0.3 is 0 Å². The second-order valence-electron chi connectivity index (χ2n) is 6.96. The van der Waals surface area contributed by atoms with Crippen molar-refractivity contribution in [2.24, 2.45) is 0 Å². The van der Waals surface area contributed by atoms with E-state index in [0.29, 0.717) is 13.1 Å². The minimum absolute atomic E-state index is 0.109. The van der Waals surface area contributed by atoms with E-state index >= 15 is 0 Å². The van der Waals surface area contributed by atoms with Gasteiger partial charge in [0.15, 0.2) is 6.54 Å². The number of aryl methyl sites for hydroxylation is 1. The van der Waals surface area contributed by atoms with Gasteiger partial charge in [0, 0.05) is 29.7 Å². The van der Waals surface area contributed by atoms with Gasteiger partial charge in [-0.2, -0.15) is 0 Å². The van der Waals surface area contributed by atoms with E-state index in [1.165, 1.54) is 15.3 Å². The molecule has 2 heterocycles. The van der Waals surface area contributed by atoms with Gasteiger partial charge in [-0.25, -0.2) is 0 Å². The number of nitrogens with one attached hydrogen (secondary N) is 1. The number of quaternary nitrogens is 1. The molecule has 3 rings (SSSR count). The van der Waals surface area contributed by atoms with E-state index in [-0.39, 0.29) is 16.5 Å². The third-order valence-corrected chi connectivity index (χ3v) is 6.08. The van der Waals surface area contributed by atoms with Crippen LogP contribution in [0.15, 0.2) is 35.7 Å². The molecule has 0 atom stereocenters. The number of nitro benzene ring substituents is 1. The highest BCUT2D eigenvalue weighted by Gasteiger charge is 2.24.